The first kappa shape index (κ1) is 19.0. The van der Waals surface area contributed by atoms with Gasteiger partial charge < -0.3 is 9.64 Å². The number of amides is 1. The first-order valence-electron chi connectivity index (χ1n) is 8.74. The number of rotatable bonds is 7. The Morgan fingerprint density at radius 2 is 2.00 bits per heavy atom. The van der Waals surface area contributed by atoms with E-state index in [1.807, 2.05) is 6.92 Å². The van der Waals surface area contributed by atoms with Crippen LogP contribution in [-0.2, 0) is 21.2 Å². The van der Waals surface area contributed by atoms with Crippen molar-refractivity contribution in [3.8, 4) is 5.75 Å². The van der Waals surface area contributed by atoms with Crippen LogP contribution in [0.25, 0.3) is 0 Å². The van der Waals surface area contributed by atoms with E-state index in [0.29, 0.717) is 37.4 Å². The summed E-state index contributed by atoms with van der Waals surface area (Å²) in [6.45, 7) is 6.37. The number of carbonyl (C=O) groups excluding carboxylic acids is 1. The third-order valence-corrected chi connectivity index (χ3v) is 5.71. The van der Waals surface area contributed by atoms with Crippen LogP contribution in [0.5, 0.6) is 5.75 Å². The molecule has 142 valence electrons. The number of ether oxygens (including phenoxy) is 1. The predicted molar refractivity (Wildman–Crippen MR) is 106 cm³/mol. The van der Waals surface area contributed by atoms with Crippen LogP contribution in [0.3, 0.4) is 0 Å². The minimum Gasteiger partial charge on any atom is -0.490 e. The molecule has 1 aliphatic heterocycles. The van der Waals surface area contributed by atoms with E-state index >= 15 is 0 Å². The van der Waals surface area contributed by atoms with Crippen LogP contribution >= 0.6 is 0 Å². The van der Waals surface area contributed by atoms with Crippen molar-refractivity contribution in [3.05, 3.63) is 60.7 Å². The number of carbonyl (C=O) groups is 1. The largest absolute Gasteiger partial charge is 0.490 e. The van der Waals surface area contributed by atoms with E-state index in [0.717, 1.165) is 11.3 Å². The Balaban J connectivity index is 1.78. The molecular weight excluding hydrogens is 364 g/mol. The van der Waals surface area contributed by atoms with E-state index in [1.54, 1.807) is 47.4 Å². The quantitative estimate of drug-likeness (QED) is 0.741. The van der Waals surface area contributed by atoms with E-state index in [4.69, 9.17) is 4.74 Å². The number of nitrogens with one attached hydrogen (secondary N) is 1. The SMILES string of the molecule is C=CCOc1ccc(NS(=O)(=O)c2ccc3c(c2)CCN3C(=O)CC)cc1. The molecule has 0 bridgehead atoms. The van der Waals surface area contributed by atoms with Crippen LogP contribution in [0.1, 0.15) is 18.9 Å². The molecule has 0 aromatic heterocycles. The molecule has 2 aromatic rings. The van der Waals surface area contributed by atoms with Gasteiger partial charge in [0.2, 0.25) is 5.91 Å². The highest BCUT2D eigenvalue weighted by atomic mass is 32.2. The molecule has 27 heavy (non-hydrogen) atoms. The lowest BCUT2D eigenvalue weighted by molar-refractivity contribution is -0.118. The molecular formula is C20H22N2O4S. The summed E-state index contributed by atoms with van der Waals surface area (Å²) in [6.07, 6.45) is 2.72. The van der Waals surface area contributed by atoms with Gasteiger partial charge in [0.15, 0.2) is 0 Å². The highest BCUT2D eigenvalue weighted by Crippen LogP contribution is 2.31. The maximum Gasteiger partial charge on any atom is 0.261 e. The molecule has 3 rings (SSSR count). The van der Waals surface area contributed by atoms with Gasteiger partial charge in [0, 0.05) is 24.3 Å². The summed E-state index contributed by atoms with van der Waals surface area (Å²) >= 11 is 0. The normalized spacial score (nSPS) is 13.1. The van der Waals surface area contributed by atoms with Gasteiger partial charge in [-0.3, -0.25) is 9.52 Å². The number of anilines is 2. The number of hydrogen-bond donors (Lipinski definition) is 1. The molecule has 1 heterocycles. The molecule has 7 heteroatoms. The van der Waals surface area contributed by atoms with E-state index < -0.39 is 10.0 Å². The van der Waals surface area contributed by atoms with Gasteiger partial charge in [0.05, 0.1) is 4.90 Å². The van der Waals surface area contributed by atoms with Crippen LogP contribution in [0.2, 0.25) is 0 Å². The fourth-order valence-corrected chi connectivity index (χ4v) is 4.09. The van der Waals surface area contributed by atoms with E-state index in [-0.39, 0.29) is 10.8 Å². The van der Waals surface area contributed by atoms with Crippen molar-refractivity contribution < 1.29 is 17.9 Å². The average Bonchev–Trinajstić information content (AvgIpc) is 3.10. The van der Waals surface area contributed by atoms with Crippen LogP contribution in [0.4, 0.5) is 11.4 Å². The van der Waals surface area contributed by atoms with Gasteiger partial charge in [-0.25, -0.2) is 8.42 Å². The fraction of sp³-hybridized carbons (Fsp3) is 0.250. The van der Waals surface area contributed by atoms with Crippen molar-refractivity contribution in [2.24, 2.45) is 0 Å². The Hall–Kier alpha value is -2.80. The van der Waals surface area contributed by atoms with E-state index in [9.17, 15) is 13.2 Å². The first-order valence-corrected chi connectivity index (χ1v) is 10.2. The van der Waals surface area contributed by atoms with Gasteiger partial charge in [-0.05, 0) is 54.4 Å². The smallest absolute Gasteiger partial charge is 0.261 e. The third kappa shape index (κ3) is 4.14. The van der Waals surface area contributed by atoms with Crippen molar-refractivity contribution in [1.29, 1.82) is 0 Å². The molecule has 0 aliphatic carbocycles. The maximum atomic E-state index is 12.7. The molecule has 1 amide bonds. The minimum absolute atomic E-state index is 0.0428. The zero-order valence-corrected chi connectivity index (χ0v) is 16.0. The summed E-state index contributed by atoms with van der Waals surface area (Å²) in [7, 11) is -3.72. The first-order chi connectivity index (χ1) is 12.9. The molecule has 1 aliphatic rings. The maximum absolute atomic E-state index is 12.7. The van der Waals surface area contributed by atoms with Gasteiger partial charge in [-0.1, -0.05) is 19.6 Å². The van der Waals surface area contributed by atoms with Gasteiger partial charge in [0.1, 0.15) is 12.4 Å². The fourth-order valence-electron chi connectivity index (χ4n) is 2.98. The molecule has 0 saturated carbocycles. The van der Waals surface area contributed by atoms with Crippen molar-refractivity contribution in [2.45, 2.75) is 24.7 Å². The number of nitrogens with zero attached hydrogens (tertiary/aromatic N) is 1. The summed E-state index contributed by atoms with van der Waals surface area (Å²) in [6, 6.07) is 11.6. The lowest BCUT2D eigenvalue weighted by atomic mass is 10.2. The summed E-state index contributed by atoms with van der Waals surface area (Å²) in [5.74, 6) is 0.678. The number of sulfonamides is 1. The highest BCUT2D eigenvalue weighted by Gasteiger charge is 2.25. The van der Waals surface area contributed by atoms with E-state index in [2.05, 4.69) is 11.3 Å². The minimum atomic E-state index is -3.72. The Morgan fingerprint density at radius 1 is 1.26 bits per heavy atom. The van der Waals surface area contributed by atoms with Crippen molar-refractivity contribution in [3.63, 3.8) is 0 Å². The monoisotopic (exact) mass is 386 g/mol. The molecule has 0 spiro atoms. The highest BCUT2D eigenvalue weighted by molar-refractivity contribution is 7.92. The second-order valence-corrected chi connectivity index (χ2v) is 7.85. The molecule has 0 radical (unpaired) electrons. The zero-order valence-electron chi connectivity index (χ0n) is 15.1. The van der Waals surface area contributed by atoms with Crippen LogP contribution in [0.15, 0.2) is 60.0 Å². The van der Waals surface area contributed by atoms with Crippen LogP contribution in [0, 0.1) is 0 Å². The van der Waals surface area contributed by atoms with Gasteiger partial charge in [-0.15, -0.1) is 0 Å². The Labute approximate surface area is 159 Å². The second kappa shape index (κ2) is 7.84. The third-order valence-electron chi connectivity index (χ3n) is 4.33. The number of fused-ring (bicyclic) bond motifs is 1. The molecule has 0 saturated heterocycles. The summed E-state index contributed by atoms with van der Waals surface area (Å²) < 4.78 is 33.3. The average molecular weight is 386 g/mol. The zero-order chi connectivity index (χ0) is 19.4. The molecule has 2 aromatic carbocycles. The Bertz CT molecular complexity index is 952. The number of benzene rings is 2. The molecule has 1 N–H and O–H groups in total. The standard InChI is InChI=1S/C20H22N2O4S/c1-3-13-26-17-7-5-16(6-8-17)21-27(24,25)18-9-10-19-15(14-18)11-12-22(19)20(23)4-2/h3,5-10,14,21H,1,4,11-13H2,2H3. The molecule has 0 fully saturated rings. The van der Waals surface area contributed by atoms with Crippen molar-refractivity contribution >= 4 is 27.3 Å². The molecule has 0 atom stereocenters. The summed E-state index contributed by atoms with van der Waals surface area (Å²) in [4.78, 5) is 13.9. The predicted octanol–water partition coefficient (Wildman–Crippen LogP) is 3.35. The van der Waals surface area contributed by atoms with Crippen LogP contribution in [-0.4, -0.2) is 27.5 Å². The van der Waals surface area contributed by atoms with Crippen molar-refractivity contribution in [1.82, 2.24) is 0 Å². The second-order valence-electron chi connectivity index (χ2n) is 6.17. The number of hydrogen-bond acceptors (Lipinski definition) is 4. The summed E-state index contributed by atoms with van der Waals surface area (Å²) in [5, 5.41) is 0. The summed E-state index contributed by atoms with van der Waals surface area (Å²) in [5.41, 5.74) is 2.11. The van der Waals surface area contributed by atoms with Gasteiger partial charge >= 0.3 is 0 Å². The van der Waals surface area contributed by atoms with Gasteiger partial charge in [0.25, 0.3) is 10.0 Å². The molecule has 0 unspecified atom stereocenters. The van der Waals surface area contributed by atoms with Crippen molar-refractivity contribution in [2.75, 3.05) is 22.8 Å². The lowest BCUT2D eigenvalue weighted by Crippen LogP contribution is -2.27. The van der Waals surface area contributed by atoms with Gasteiger partial charge in [-0.2, -0.15) is 0 Å². The van der Waals surface area contributed by atoms with E-state index in [1.165, 1.54) is 6.07 Å². The Kier molecular flexibility index (Phi) is 5.51. The topological polar surface area (TPSA) is 75.7 Å². The Morgan fingerprint density at radius 3 is 2.67 bits per heavy atom. The molecule has 6 nitrogen and oxygen atoms in total. The lowest BCUT2D eigenvalue weighted by Gasteiger charge is -2.16. The van der Waals surface area contributed by atoms with Crippen LogP contribution < -0.4 is 14.4 Å².